The van der Waals surface area contributed by atoms with E-state index >= 15 is 0 Å². The minimum atomic E-state index is 0.835. The Morgan fingerprint density at radius 2 is 1.50 bits per heavy atom. The summed E-state index contributed by atoms with van der Waals surface area (Å²) in [7, 11) is 0. The minimum absolute atomic E-state index is 0.835. The molecule has 2 aromatic carbocycles. The van der Waals surface area contributed by atoms with Gasteiger partial charge in [0.05, 0.1) is 5.69 Å². The van der Waals surface area contributed by atoms with Crippen LogP contribution in [0.2, 0.25) is 0 Å². The van der Waals surface area contributed by atoms with Crippen molar-refractivity contribution in [3.05, 3.63) is 65.2 Å². The molecule has 2 aromatic rings. The molecule has 1 N–H and O–H groups in total. The van der Waals surface area contributed by atoms with E-state index in [4.69, 9.17) is 0 Å². The van der Waals surface area contributed by atoms with E-state index < -0.39 is 0 Å². The quantitative estimate of drug-likeness (QED) is 0.652. The van der Waals surface area contributed by atoms with Gasteiger partial charge in [0, 0.05) is 17.7 Å². The minimum Gasteiger partial charge on any atom is -0.380 e. The molecule has 1 aliphatic rings. The van der Waals surface area contributed by atoms with Crippen molar-refractivity contribution >= 4 is 5.69 Å². The predicted molar refractivity (Wildman–Crippen MR) is 66.2 cm³/mol. The summed E-state index contributed by atoms with van der Waals surface area (Å²) in [5, 5.41) is 3.42. The molecule has 0 atom stereocenters. The molecule has 0 bridgehead atoms. The molecule has 0 fully saturated rings. The molecule has 1 nitrogen and oxygen atoms in total. The molecular formula is C15H11N. The molecule has 16 heavy (non-hydrogen) atoms. The fourth-order valence-corrected chi connectivity index (χ4v) is 1.87. The van der Waals surface area contributed by atoms with Crippen LogP contribution in [-0.2, 0) is 6.54 Å². The number of anilines is 1. The van der Waals surface area contributed by atoms with E-state index in [-0.39, 0.29) is 0 Å². The molecule has 1 heteroatoms. The predicted octanol–water partition coefficient (Wildman–Crippen LogP) is 3.01. The SMILES string of the molecule is C1#Cc2ccccc2NCc2ccccc21. The van der Waals surface area contributed by atoms with Crippen LogP contribution in [-0.4, -0.2) is 0 Å². The van der Waals surface area contributed by atoms with Gasteiger partial charge in [0.15, 0.2) is 0 Å². The third-order valence-corrected chi connectivity index (χ3v) is 2.75. The molecule has 0 aromatic heterocycles. The van der Waals surface area contributed by atoms with Crippen molar-refractivity contribution in [3.63, 3.8) is 0 Å². The van der Waals surface area contributed by atoms with Gasteiger partial charge in [-0.25, -0.2) is 0 Å². The first-order valence-corrected chi connectivity index (χ1v) is 5.36. The van der Waals surface area contributed by atoms with Crippen molar-refractivity contribution < 1.29 is 0 Å². The van der Waals surface area contributed by atoms with Gasteiger partial charge in [-0.15, -0.1) is 0 Å². The average molecular weight is 205 g/mol. The number of benzene rings is 2. The van der Waals surface area contributed by atoms with E-state index in [9.17, 15) is 0 Å². The molecule has 0 unspecified atom stereocenters. The fraction of sp³-hybridized carbons (Fsp3) is 0.0667. The Balaban J connectivity index is 2.16. The first-order valence-electron chi connectivity index (χ1n) is 5.36. The van der Waals surface area contributed by atoms with Gasteiger partial charge in [-0.1, -0.05) is 42.2 Å². The zero-order chi connectivity index (χ0) is 10.8. The maximum atomic E-state index is 3.42. The Morgan fingerprint density at radius 3 is 2.44 bits per heavy atom. The standard InChI is InChI=1S/C15H11N/c1-2-7-14-11-16-15-8-4-3-6-13(15)10-9-12(14)5-1/h1-8,16H,11H2. The zero-order valence-electron chi connectivity index (χ0n) is 8.83. The second-order valence-corrected chi connectivity index (χ2v) is 3.81. The Hall–Kier alpha value is -2.20. The monoisotopic (exact) mass is 205 g/mol. The van der Waals surface area contributed by atoms with Crippen LogP contribution in [0.25, 0.3) is 0 Å². The van der Waals surface area contributed by atoms with Gasteiger partial charge in [-0.3, -0.25) is 0 Å². The van der Waals surface area contributed by atoms with E-state index in [0.29, 0.717) is 0 Å². The maximum absolute atomic E-state index is 3.42. The van der Waals surface area contributed by atoms with Crippen LogP contribution in [0, 0.1) is 11.8 Å². The highest BCUT2D eigenvalue weighted by atomic mass is 14.9. The lowest BCUT2D eigenvalue weighted by Crippen LogP contribution is -2.04. The molecule has 0 saturated carbocycles. The van der Waals surface area contributed by atoms with Crippen molar-refractivity contribution in [3.8, 4) is 11.8 Å². The summed E-state index contributed by atoms with van der Waals surface area (Å²) in [6, 6.07) is 16.4. The van der Waals surface area contributed by atoms with Gasteiger partial charge in [0.25, 0.3) is 0 Å². The van der Waals surface area contributed by atoms with Gasteiger partial charge >= 0.3 is 0 Å². The lowest BCUT2D eigenvalue weighted by atomic mass is 10.0. The van der Waals surface area contributed by atoms with E-state index in [1.54, 1.807) is 0 Å². The molecule has 0 spiro atoms. The van der Waals surface area contributed by atoms with Gasteiger partial charge in [0.2, 0.25) is 0 Å². The van der Waals surface area contributed by atoms with Crippen molar-refractivity contribution in [2.75, 3.05) is 5.32 Å². The summed E-state index contributed by atoms with van der Waals surface area (Å²) in [5.74, 6) is 6.44. The largest absolute Gasteiger partial charge is 0.380 e. The fourth-order valence-electron chi connectivity index (χ4n) is 1.87. The highest BCUT2D eigenvalue weighted by Gasteiger charge is 2.04. The van der Waals surface area contributed by atoms with Crippen molar-refractivity contribution in [1.82, 2.24) is 0 Å². The molecule has 0 saturated heterocycles. The summed E-state index contributed by atoms with van der Waals surface area (Å²) in [4.78, 5) is 0. The molecule has 1 heterocycles. The van der Waals surface area contributed by atoms with E-state index in [1.165, 1.54) is 5.56 Å². The van der Waals surface area contributed by atoms with Crippen molar-refractivity contribution in [1.29, 1.82) is 0 Å². The van der Waals surface area contributed by atoms with Crippen LogP contribution in [0.5, 0.6) is 0 Å². The molecule has 76 valence electrons. The highest BCUT2D eigenvalue weighted by Crippen LogP contribution is 2.18. The van der Waals surface area contributed by atoms with Gasteiger partial charge < -0.3 is 5.32 Å². The maximum Gasteiger partial charge on any atom is 0.0502 e. The number of nitrogens with one attached hydrogen (secondary N) is 1. The van der Waals surface area contributed by atoms with Crippen LogP contribution < -0.4 is 5.32 Å². The summed E-state index contributed by atoms with van der Waals surface area (Å²) in [6.45, 7) is 0.835. The summed E-state index contributed by atoms with van der Waals surface area (Å²) >= 11 is 0. The molecular weight excluding hydrogens is 194 g/mol. The summed E-state index contributed by atoms with van der Waals surface area (Å²) < 4.78 is 0. The molecule has 0 aliphatic carbocycles. The third kappa shape index (κ3) is 1.55. The summed E-state index contributed by atoms with van der Waals surface area (Å²) in [6.07, 6.45) is 0. The zero-order valence-corrected chi connectivity index (χ0v) is 8.83. The first kappa shape index (κ1) is 9.06. The number of para-hydroxylation sites is 1. The van der Waals surface area contributed by atoms with E-state index in [2.05, 4.69) is 41.4 Å². The summed E-state index contributed by atoms with van der Waals surface area (Å²) in [5.41, 5.74) is 4.55. The van der Waals surface area contributed by atoms with Gasteiger partial charge in [-0.05, 0) is 23.8 Å². The lowest BCUT2D eigenvalue weighted by molar-refractivity contribution is 1.13. The Labute approximate surface area is 95.1 Å². The first-order chi connectivity index (χ1) is 7.93. The second-order valence-electron chi connectivity index (χ2n) is 3.81. The highest BCUT2D eigenvalue weighted by molar-refractivity contribution is 5.62. The molecule has 1 aliphatic heterocycles. The topological polar surface area (TPSA) is 12.0 Å². The van der Waals surface area contributed by atoms with E-state index in [1.807, 2.05) is 24.3 Å². The van der Waals surface area contributed by atoms with Crippen LogP contribution in [0.4, 0.5) is 5.69 Å². The Morgan fingerprint density at radius 1 is 0.812 bits per heavy atom. The molecule has 0 amide bonds. The lowest BCUT2D eigenvalue weighted by Gasteiger charge is -2.12. The second kappa shape index (κ2) is 3.75. The normalized spacial score (nSPS) is 12.0. The van der Waals surface area contributed by atoms with Crippen molar-refractivity contribution in [2.45, 2.75) is 6.54 Å². The third-order valence-electron chi connectivity index (χ3n) is 2.75. The average Bonchev–Trinajstić information content (AvgIpc) is 2.32. The molecule has 3 rings (SSSR count). The van der Waals surface area contributed by atoms with Crippen molar-refractivity contribution in [2.24, 2.45) is 0 Å². The molecule has 0 radical (unpaired) electrons. The Bertz CT molecular complexity index is 536. The van der Waals surface area contributed by atoms with E-state index in [0.717, 1.165) is 23.4 Å². The van der Waals surface area contributed by atoms with Crippen LogP contribution in [0.15, 0.2) is 48.5 Å². The van der Waals surface area contributed by atoms with Gasteiger partial charge in [-0.2, -0.15) is 0 Å². The Kier molecular flexibility index (Phi) is 2.12. The van der Waals surface area contributed by atoms with Crippen LogP contribution in [0.3, 0.4) is 0 Å². The number of fused-ring (bicyclic) bond motifs is 2. The number of rotatable bonds is 0. The number of hydrogen-bond donors (Lipinski definition) is 1. The smallest absolute Gasteiger partial charge is 0.0502 e. The van der Waals surface area contributed by atoms with Gasteiger partial charge in [0.1, 0.15) is 0 Å². The number of hydrogen-bond acceptors (Lipinski definition) is 1. The van der Waals surface area contributed by atoms with Crippen LogP contribution in [0.1, 0.15) is 16.7 Å². The van der Waals surface area contributed by atoms with Crippen LogP contribution >= 0.6 is 0 Å².